The third-order valence-electron chi connectivity index (χ3n) is 2.69. The van der Waals surface area contributed by atoms with Crippen molar-refractivity contribution in [1.29, 1.82) is 0 Å². The van der Waals surface area contributed by atoms with Crippen LogP contribution in [0, 0.1) is 0 Å². The van der Waals surface area contributed by atoms with Gasteiger partial charge in [0.15, 0.2) is 0 Å². The Labute approximate surface area is 100 Å². The lowest BCUT2D eigenvalue weighted by atomic mass is 10.1. The van der Waals surface area contributed by atoms with Crippen LogP contribution in [0.5, 0.6) is 5.75 Å². The number of ether oxygens (including phenoxy) is 2. The summed E-state index contributed by atoms with van der Waals surface area (Å²) in [5, 5.41) is 0.664. The van der Waals surface area contributed by atoms with E-state index in [2.05, 4.69) is 0 Å². The van der Waals surface area contributed by atoms with Crippen molar-refractivity contribution in [2.24, 2.45) is 5.73 Å². The summed E-state index contributed by atoms with van der Waals surface area (Å²) in [7, 11) is 0. The van der Waals surface area contributed by atoms with Crippen LogP contribution in [0.25, 0.3) is 0 Å². The van der Waals surface area contributed by atoms with E-state index in [0.29, 0.717) is 18.2 Å². The maximum Gasteiger partial charge on any atom is 0.125 e. The molecule has 1 heterocycles. The number of hydrogen-bond donors (Lipinski definition) is 1. The van der Waals surface area contributed by atoms with Gasteiger partial charge in [-0.3, -0.25) is 0 Å². The van der Waals surface area contributed by atoms with Crippen molar-refractivity contribution in [3.05, 3.63) is 28.8 Å². The molecule has 1 aliphatic rings. The van der Waals surface area contributed by atoms with Crippen LogP contribution in [0.15, 0.2) is 18.2 Å². The Morgan fingerprint density at radius 1 is 1.50 bits per heavy atom. The van der Waals surface area contributed by atoms with Crippen molar-refractivity contribution in [1.82, 2.24) is 0 Å². The van der Waals surface area contributed by atoms with Crippen LogP contribution in [0.3, 0.4) is 0 Å². The fourth-order valence-corrected chi connectivity index (χ4v) is 2.07. The topological polar surface area (TPSA) is 44.5 Å². The van der Waals surface area contributed by atoms with Gasteiger partial charge in [0.2, 0.25) is 0 Å². The Balaban J connectivity index is 2.10. The van der Waals surface area contributed by atoms with Gasteiger partial charge < -0.3 is 15.2 Å². The first-order valence-corrected chi connectivity index (χ1v) is 5.91. The summed E-state index contributed by atoms with van der Waals surface area (Å²) in [4.78, 5) is 0. The molecule has 4 heteroatoms. The molecule has 0 aliphatic carbocycles. The first-order valence-electron chi connectivity index (χ1n) is 5.53. The lowest BCUT2D eigenvalue weighted by Gasteiger charge is -2.24. The van der Waals surface area contributed by atoms with E-state index in [9.17, 15) is 0 Å². The van der Waals surface area contributed by atoms with Crippen LogP contribution >= 0.6 is 11.6 Å². The molecule has 16 heavy (non-hydrogen) atoms. The van der Waals surface area contributed by atoms with Crippen LogP contribution in [-0.2, 0) is 11.3 Å². The summed E-state index contributed by atoms with van der Waals surface area (Å²) in [6.07, 6.45) is 2.19. The van der Waals surface area contributed by atoms with Gasteiger partial charge in [-0.1, -0.05) is 17.7 Å². The number of nitrogens with two attached hydrogens (primary N) is 1. The molecule has 1 unspecified atom stereocenters. The highest BCUT2D eigenvalue weighted by molar-refractivity contribution is 6.31. The molecule has 1 saturated heterocycles. The molecule has 2 rings (SSSR count). The predicted octanol–water partition coefficient (Wildman–Crippen LogP) is 2.36. The van der Waals surface area contributed by atoms with Crippen molar-refractivity contribution in [2.75, 3.05) is 13.2 Å². The lowest BCUT2D eigenvalue weighted by Crippen LogP contribution is -2.28. The molecule has 0 saturated carbocycles. The first-order chi connectivity index (χ1) is 7.81. The number of benzene rings is 1. The van der Waals surface area contributed by atoms with E-state index in [1.165, 1.54) is 0 Å². The monoisotopic (exact) mass is 241 g/mol. The molecule has 0 aromatic heterocycles. The Hall–Kier alpha value is -0.770. The van der Waals surface area contributed by atoms with Crippen molar-refractivity contribution in [2.45, 2.75) is 25.5 Å². The van der Waals surface area contributed by atoms with Crippen LogP contribution in [0.1, 0.15) is 18.4 Å². The van der Waals surface area contributed by atoms with Gasteiger partial charge in [-0.15, -0.1) is 0 Å². The summed E-state index contributed by atoms with van der Waals surface area (Å²) in [5.41, 5.74) is 6.53. The van der Waals surface area contributed by atoms with Gasteiger partial charge in [0.05, 0.1) is 6.61 Å². The van der Waals surface area contributed by atoms with Gasteiger partial charge in [-0.25, -0.2) is 0 Å². The molecule has 3 nitrogen and oxygen atoms in total. The Bertz CT molecular complexity index is 351. The standard InChI is InChI=1S/C12H16ClNO2/c13-11-4-1-5-12(10(11)7-14)16-9-3-2-6-15-8-9/h1,4-5,9H,2-3,6-8,14H2. The number of rotatable bonds is 3. The zero-order chi connectivity index (χ0) is 11.4. The smallest absolute Gasteiger partial charge is 0.125 e. The van der Waals surface area contributed by atoms with Crippen molar-refractivity contribution < 1.29 is 9.47 Å². The van der Waals surface area contributed by atoms with Crippen LogP contribution in [0.4, 0.5) is 0 Å². The van der Waals surface area contributed by atoms with E-state index in [1.54, 1.807) is 0 Å². The maximum absolute atomic E-state index is 6.06. The molecule has 1 atom stereocenters. The number of hydrogen-bond acceptors (Lipinski definition) is 3. The second-order valence-electron chi connectivity index (χ2n) is 3.88. The van der Waals surface area contributed by atoms with Crippen molar-refractivity contribution in [3.63, 3.8) is 0 Å². The van der Waals surface area contributed by atoms with Gasteiger partial charge >= 0.3 is 0 Å². The van der Waals surface area contributed by atoms with Crippen LogP contribution < -0.4 is 10.5 Å². The molecule has 0 spiro atoms. The summed E-state index contributed by atoms with van der Waals surface area (Å²) >= 11 is 6.06. The predicted molar refractivity (Wildman–Crippen MR) is 63.8 cm³/mol. The minimum absolute atomic E-state index is 0.123. The van der Waals surface area contributed by atoms with Gasteiger partial charge in [-0.2, -0.15) is 0 Å². The van der Waals surface area contributed by atoms with Gasteiger partial charge in [0, 0.05) is 23.7 Å². The molecule has 88 valence electrons. The zero-order valence-electron chi connectivity index (χ0n) is 9.12. The van der Waals surface area contributed by atoms with E-state index in [0.717, 1.165) is 30.8 Å². The quantitative estimate of drug-likeness (QED) is 0.884. The molecule has 0 bridgehead atoms. The highest BCUT2D eigenvalue weighted by Crippen LogP contribution is 2.27. The molecular formula is C12H16ClNO2. The minimum atomic E-state index is 0.123. The Morgan fingerprint density at radius 2 is 2.38 bits per heavy atom. The largest absolute Gasteiger partial charge is 0.488 e. The zero-order valence-corrected chi connectivity index (χ0v) is 9.87. The molecule has 2 N–H and O–H groups in total. The van der Waals surface area contributed by atoms with E-state index >= 15 is 0 Å². The van der Waals surface area contributed by atoms with Crippen molar-refractivity contribution in [3.8, 4) is 5.75 Å². The Morgan fingerprint density at radius 3 is 3.06 bits per heavy atom. The van der Waals surface area contributed by atoms with Crippen molar-refractivity contribution >= 4 is 11.6 Å². The lowest BCUT2D eigenvalue weighted by molar-refractivity contribution is 0.00706. The Kier molecular flexibility index (Phi) is 4.04. The maximum atomic E-state index is 6.06. The summed E-state index contributed by atoms with van der Waals surface area (Å²) < 4.78 is 11.2. The third-order valence-corrected chi connectivity index (χ3v) is 3.05. The summed E-state index contributed by atoms with van der Waals surface area (Å²) in [6, 6.07) is 5.61. The molecule has 1 fully saturated rings. The van der Waals surface area contributed by atoms with Gasteiger partial charge in [0.1, 0.15) is 11.9 Å². The van der Waals surface area contributed by atoms with E-state index in [-0.39, 0.29) is 6.10 Å². The average molecular weight is 242 g/mol. The first kappa shape index (κ1) is 11.7. The second kappa shape index (κ2) is 5.53. The average Bonchev–Trinajstić information content (AvgIpc) is 2.31. The fourth-order valence-electron chi connectivity index (χ4n) is 1.83. The van der Waals surface area contributed by atoms with Crippen LogP contribution in [0.2, 0.25) is 5.02 Å². The fraction of sp³-hybridized carbons (Fsp3) is 0.500. The van der Waals surface area contributed by atoms with Crippen LogP contribution in [-0.4, -0.2) is 19.3 Å². The third kappa shape index (κ3) is 2.67. The molecule has 0 amide bonds. The SMILES string of the molecule is NCc1c(Cl)cccc1OC1CCCOC1. The molecule has 1 aromatic carbocycles. The number of halogens is 1. The highest BCUT2D eigenvalue weighted by Gasteiger charge is 2.17. The normalized spacial score (nSPS) is 20.8. The minimum Gasteiger partial charge on any atom is -0.488 e. The summed E-state index contributed by atoms with van der Waals surface area (Å²) in [6.45, 7) is 1.87. The second-order valence-corrected chi connectivity index (χ2v) is 4.28. The van der Waals surface area contributed by atoms with E-state index in [1.807, 2.05) is 18.2 Å². The molecule has 0 radical (unpaired) electrons. The molecule has 1 aromatic rings. The molecular weight excluding hydrogens is 226 g/mol. The summed E-state index contributed by atoms with van der Waals surface area (Å²) in [5.74, 6) is 0.783. The van der Waals surface area contributed by atoms with Gasteiger partial charge in [-0.05, 0) is 25.0 Å². The highest BCUT2D eigenvalue weighted by atomic mass is 35.5. The van der Waals surface area contributed by atoms with E-state index in [4.69, 9.17) is 26.8 Å². The molecule has 1 aliphatic heterocycles. The van der Waals surface area contributed by atoms with E-state index < -0.39 is 0 Å². The van der Waals surface area contributed by atoms with Gasteiger partial charge in [0.25, 0.3) is 0 Å².